The third-order valence-electron chi connectivity index (χ3n) is 4.70. The fourth-order valence-electron chi connectivity index (χ4n) is 3.31. The molecule has 1 amide bonds. The summed E-state index contributed by atoms with van der Waals surface area (Å²) in [5, 5.41) is 4.14. The molecule has 2 aromatic heterocycles. The van der Waals surface area contributed by atoms with Crippen LogP contribution in [0.5, 0.6) is 0 Å². The Morgan fingerprint density at radius 3 is 2.85 bits per heavy atom. The molecule has 1 aliphatic rings. The fourth-order valence-corrected chi connectivity index (χ4v) is 3.31. The minimum Gasteiger partial charge on any atom is -0.446 e. The van der Waals surface area contributed by atoms with Gasteiger partial charge in [-0.2, -0.15) is 0 Å². The van der Waals surface area contributed by atoms with Gasteiger partial charge in [0.2, 0.25) is 5.91 Å². The summed E-state index contributed by atoms with van der Waals surface area (Å²) in [6.07, 6.45) is 5.53. The van der Waals surface area contributed by atoms with Crippen LogP contribution in [0.25, 0.3) is 11.0 Å². The van der Waals surface area contributed by atoms with Crippen LogP contribution in [0.3, 0.4) is 0 Å². The highest BCUT2D eigenvalue weighted by atomic mass is 16.6. The quantitative estimate of drug-likeness (QED) is 0.832. The predicted octanol–water partition coefficient (Wildman–Crippen LogP) is 2.80. The van der Waals surface area contributed by atoms with Crippen LogP contribution >= 0.6 is 0 Å². The van der Waals surface area contributed by atoms with Crippen molar-refractivity contribution in [2.24, 2.45) is 0 Å². The zero-order valence-corrected chi connectivity index (χ0v) is 15.9. The van der Waals surface area contributed by atoms with Gasteiger partial charge in [0, 0.05) is 24.8 Å². The number of nitrogens with one attached hydrogen (secondary N) is 1. The van der Waals surface area contributed by atoms with Crippen molar-refractivity contribution in [3.8, 4) is 0 Å². The van der Waals surface area contributed by atoms with Crippen molar-refractivity contribution in [3.05, 3.63) is 31.2 Å². The second-order valence-corrected chi connectivity index (χ2v) is 7.04. The molecule has 8 heteroatoms. The molecule has 0 aliphatic carbocycles. The minimum atomic E-state index is -0.473. The Kier molecular flexibility index (Phi) is 5.43. The Morgan fingerprint density at radius 1 is 1.37 bits per heavy atom. The molecule has 144 valence electrons. The summed E-state index contributed by atoms with van der Waals surface area (Å²) in [5.41, 5.74) is 0.487. The van der Waals surface area contributed by atoms with Gasteiger partial charge in [0.05, 0.1) is 11.5 Å². The minimum absolute atomic E-state index is 0.0640. The van der Waals surface area contributed by atoms with Gasteiger partial charge < -0.3 is 15.0 Å². The zero-order chi connectivity index (χ0) is 19.6. The Balaban J connectivity index is 1.81. The van der Waals surface area contributed by atoms with E-state index in [1.54, 1.807) is 26.1 Å². The summed E-state index contributed by atoms with van der Waals surface area (Å²) in [6, 6.07) is 2.04. The van der Waals surface area contributed by atoms with Crippen LogP contribution in [0.15, 0.2) is 31.2 Å². The number of hydrogen-bond donors (Lipinski definition) is 1. The van der Waals surface area contributed by atoms with Crippen LogP contribution in [0.2, 0.25) is 0 Å². The smallest absolute Gasteiger partial charge is 0.419 e. The molecular weight excluding hydrogens is 346 g/mol. The Morgan fingerprint density at radius 2 is 2.15 bits per heavy atom. The molecule has 8 nitrogen and oxygen atoms in total. The van der Waals surface area contributed by atoms with E-state index in [9.17, 15) is 9.59 Å². The van der Waals surface area contributed by atoms with E-state index in [-0.39, 0.29) is 24.1 Å². The summed E-state index contributed by atoms with van der Waals surface area (Å²) in [7, 11) is 0. The van der Waals surface area contributed by atoms with Crippen LogP contribution < -0.4 is 5.32 Å². The molecule has 3 heterocycles. The van der Waals surface area contributed by atoms with E-state index in [4.69, 9.17) is 4.74 Å². The van der Waals surface area contributed by atoms with Gasteiger partial charge in [0.15, 0.2) is 5.65 Å². The number of nitrogens with zero attached hydrogens (tertiary/aromatic N) is 4. The number of likely N-dealkylation sites (tertiary alicyclic amines) is 1. The standard InChI is InChI=1S/C19H25N5O3/c1-5-16(25)24-10-14(7-6-13(24)4)22-17-15-8-9-23(18(15)21-11-20-17)19(26)27-12(2)3/h5,8-9,11-14H,1,6-7,10H2,2-4H3,(H,20,21,22)/t13-,14-/m0/s1. The molecular formula is C19H25N5O3. The molecule has 0 saturated carbocycles. The first-order valence-corrected chi connectivity index (χ1v) is 9.13. The molecule has 2 aromatic rings. The lowest BCUT2D eigenvalue weighted by molar-refractivity contribution is -0.129. The highest BCUT2D eigenvalue weighted by Gasteiger charge is 2.28. The van der Waals surface area contributed by atoms with Crippen molar-refractivity contribution >= 4 is 28.9 Å². The summed E-state index contributed by atoms with van der Waals surface area (Å²) in [5.74, 6) is 0.575. The lowest BCUT2D eigenvalue weighted by atomic mass is 9.99. The van der Waals surface area contributed by atoms with E-state index in [1.165, 1.54) is 17.0 Å². The van der Waals surface area contributed by atoms with Gasteiger partial charge >= 0.3 is 6.09 Å². The van der Waals surface area contributed by atoms with E-state index in [0.717, 1.165) is 18.2 Å². The number of carbonyl (C=O) groups excluding carboxylic acids is 2. The molecule has 0 spiro atoms. The second kappa shape index (κ2) is 7.77. The normalized spacial score (nSPS) is 19.9. The molecule has 1 fully saturated rings. The number of rotatable bonds is 4. The maximum atomic E-state index is 12.2. The molecule has 3 rings (SSSR count). The largest absolute Gasteiger partial charge is 0.446 e. The van der Waals surface area contributed by atoms with Gasteiger partial charge in [0.1, 0.15) is 12.1 Å². The number of hydrogen-bond acceptors (Lipinski definition) is 6. The van der Waals surface area contributed by atoms with Crippen LogP contribution in [0.4, 0.5) is 10.6 Å². The molecule has 0 aromatic carbocycles. The summed E-state index contributed by atoms with van der Waals surface area (Å²) >= 11 is 0. The first-order chi connectivity index (χ1) is 12.9. The van der Waals surface area contributed by atoms with Crippen molar-refractivity contribution in [2.75, 3.05) is 11.9 Å². The third-order valence-corrected chi connectivity index (χ3v) is 4.70. The van der Waals surface area contributed by atoms with E-state index >= 15 is 0 Å². The second-order valence-electron chi connectivity index (χ2n) is 7.04. The predicted molar refractivity (Wildman–Crippen MR) is 103 cm³/mol. The zero-order valence-electron chi connectivity index (χ0n) is 15.9. The third kappa shape index (κ3) is 3.94. The highest BCUT2D eigenvalue weighted by molar-refractivity contribution is 5.93. The van der Waals surface area contributed by atoms with Gasteiger partial charge in [-0.1, -0.05) is 6.58 Å². The lowest BCUT2D eigenvalue weighted by Gasteiger charge is -2.38. The van der Waals surface area contributed by atoms with E-state index in [2.05, 4.69) is 21.9 Å². The maximum absolute atomic E-state index is 12.2. The Labute approximate surface area is 158 Å². The molecule has 1 saturated heterocycles. The van der Waals surface area contributed by atoms with Crippen molar-refractivity contribution in [1.82, 2.24) is 19.4 Å². The Hall–Kier alpha value is -2.90. The molecule has 27 heavy (non-hydrogen) atoms. The van der Waals surface area contributed by atoms with Crippen molar-refractivity contribution in [3.63, 3.8) is 0 Å². The van der Waals surface area contributed by atoms with Gasteiger partial charge in [0.25, 0.3) is 0 Å². The molecule has 0 unspecified atom stereocenters. The van der Waals surface area contributed by atoms with Gasteiger partial charge in [-0.25, -0.2) is 19.3 Å². The molecule has 2 atom stereocenters. The fraction of sp³-hybridized carbons (Fsp3) is 0.474. The number of piperidine rings is 1. The average molecular weight is 371 g/mol. The van der Waals surface area contributed by atoms with Gasteiger partial charge in [-0.05, 0) is 45.8 Å². The number of aromatic nitrogens is 3. The first kappa shape index (κ1) is 18.9. The van der Waals surface area contributed by atoms with Crippen LogP contribution in [0.1, 0.15) is 33.6 Å². The number of amides is 1. The Bertz CT molecular complexity index is 860. The molecule has 0 bridgehead atoms. The SMILES string of the molecule is C=CC(=O)N1C[C@@H](Nc2ncnc3c2ccn3C(=O)OC(C)C)CC[C@@H]1C. The van der Waals surface area contributed by atoms with Crippen LogP contribution in [0, 0.1) is 0 Å². The van der Waals surface area contributed by atoms with Crippen LogP contribution in [-0.2, 0) is 9.53 Å². The molecule has 1 aliphatic heterocycles. The molecule has 0 radical (unpaired) electrons. The van der Waals surface area contributed by atoms with Crippen molar-refractivity contribution < 1.29 is 14.3 Å². The summed E-state index contributed by atoms with van der Waals surface area (Å²) in [4.78, 5) is 34.7. The number of carbonyl (C=O) groups is 2. The maximum Gasteiger partial charge on any atom is 0.419 e. The first-order valence-electron chi connectivity index (χ1n) is 9.13. The number of fused-ring (bicyclic) bond motifs is 1. The topological polar surface area (TPSA) is 89.4 Å². The van der Waals surface area contributed by atoms with Crippen LogP contribution in [-0.4, -0.2) is 56.2 Å². The average Bonchev–Trinajstić information content (AvgIpc) is 3.07. The van der Waals surface area contributed by atoms with E-state index < -0.39 is 6.09 Å². The number of ether oxygens (including phenoxy) is 1. The van der Waals surface area contributed by atoms with E-state index in [0.29, 0.717) is 18.0 Å². The molecule has 1 N–H and O–H groups in total. The van der Waals surface area contributed by atoms with Gasteiger partial charge in [-0.3, -0.25) is 4.79 Å². The lowest BCUT2D eigenvalue weighted by Crippen LogP contribution is -2.49. The number of anilines is 1. The van der Waals surface area contributed by atoms with Crippen molar-refractivity contribution in [1.29, 1.82) is 0 Å². The summed E-state index contributed by atoms with van der Waals surface area (Å²) < 4.78 is 6.62. The van der Waals surface area contributed by atoms with E-state index in [1.807, 2.05) is 11.8 Å². The monoisotopic (exact) mass is 371 g/mol. The van der Waals surface area contributed by atoms with Gasteiger partial charge in [-0.15, -0.1) is 0 Å². The van der Waals surface area contributed by atoms with Crippen molar-refractivity contribution in [2.45, 2.75) is 51.8 Å². The highest BCUT2D eigenvalue weighted by Crippen LogP contribution is 2.25. The summed E-state index contributed by atoms with van der Waals surface area (Å²) in [6.45, 7) is 9.80.